The number of carbonyl (C=O) groups excluding carboxylic acids is 1. The van der Waals surface area contributed by atoms with Crippen molar-refractivity contribution in [3.05, 3.63) is 90.2 Å². The highest BCUT2D eigenvalue weighted by Gasteiger charge is 2.21. The van der Waals surface area contributed by atoms with Crippen LogP contribution in [0.5, 0.6) is 0 Å². The first-order valence-corrected chi connectivity index (χ1v) is 12.1. The molecule has 4 rings (SSSR count). The van der Waals surface area contributed by atoms with E-state index < -0.39 is 10.0 Å². The van der Waals surface area contributed by atoms with E-state index in [9.17, 15) is 13.2 Å². The quantitative estimate of drug-likeness (QED) is 0.390. The highest BCUT2D eigenvalue weighted by atomic mass is 32.2. The van der Waals surface area contributed by atoms with Crippen LogP contribution in [0.4, 0.5) is 11.4 Å². The first-order valence-electron chi connectivity index (χ1n) is 10.7. The number of amides is 1. The van der Waals surface area contributed by atoms with Crippen molar-refractivity contribution in [2.45, 2.75) is 31.1 Å². The Kier molecular flexibility index (Phi) is 6.24. The summed E-state index contributed by atoms with van der Waals surface area (Å²) in [5.74, 6) is 0.173. The number of carbonyl (C=O) groups is 1. The Labute approximate surface area is 193 Å². The number of hydrogen-bond acceptors (Lipinski definition) is 4. The minimum atomic E-state index is -3.71. The molecule has 0 saturated heterocycles. The molecule has 1 N–H and O–H groups in total. The summed E-state index contributed by atoms with van der Waals surface area (Å²) in [5, 5.41) is 3.76. The van der Waals surface area contributed by atoms with Gasteiger partial charge in [0.1, 0.15) is 5.58 Å². The number of rotatable bonds is 7. The van der Waals surface area contributed by atoms with Crippen LogP contribution < -0.4 is 9.62 Å². The van der Waals surface area contributed by atoms with E-state index in [1.807, 2.05) is 18.2 Å². The third-order valence-electron chi connectivity index (χ3n) is 5.61. The van der Waals surface area contributed by atoms with Crippen molar-refractivity contribution in [1.29, 1.82) is 0 Å². The third kappa shape index (κ3) is 4.78. The molecule has 0 aliphatic carbocycles. The van der Waals surface area contributed by atoms with Gasteiger partial charge in [-0.05, 0) is 60.0 Å². The number of para-hydroxylation sites is 1. The normalized spacial score (nSPS) is 11.6. The Balaban J connectivity index is 1.47. The second kappa shape index (κ2) is 9.11. The van der Waals surface area contributed by atoms with Crippen molar-refractivity contribution >= 4 is 38.3 Å². The van der Waals surface area contributed by atoms with Gasteiger partial charge < -0.3 is 9.73 Å². The topological polar surface area (TPSA) is 79.6 Å². The highest BCUT2D eigenvalue weighted by Crippen LogP contribution is 2.27. The first-order chi connectivity index (χ1) is 15.8. The van der Waals surface area contributed by atoms with Crippen LogP contribution in [0.1, 0.15) is 30.9 Å². The summed E-state index contributed by atoms with van der Waals surface area (Å²) in [6, 6.07) is 21.1. The van der Waals surface area contributed by atoms with Gasteiger partial charge in [-0.2, -0.15) is 0 Å². The van der Waals surface area contributed by atoms with Gasteiger partial charge in [-0.25, -0.2) is 8.42 Å². The SMILES string of the molecule is CC(C)c1ccc2occ(CC(=O)Nc3ccc(S(=O)(=O)N(C)c4ccccc4)cc3)c2c1. The summed E-state index contributed by atoms with van der Waals surface area (Å²) in [5.41, 5.74) is 3.84. The van der Waals surface area contributed by atoms with Crippen LogP contribution in [0.25, 0.3) is 11.0 Å². The maximum atomic E-state index is 12.9. The van der Waals surface area contributed by atoms with Crippen LogP contribution >= 0.6 is 0 Å². The van der Waals surface area contributed by atoms with Crippen LogP contribution in [0.3, 0.4) is 0 Å². The van der Waals surface area contributed by atoms with Crippen LogP contribution in [0.2, 0.25) is 0 Å². The van der Waals surface area contributed by atoms with Gasteiger partial charge in [-0.1, -0.05) is 38.1 Å². The van der Waals surface area contributed by atoms with Crippen molar-refractivity contribution in [2.75, 3.05) is 16.7 Å². The van der Waals surface area contributed by atoms with E-state index >= 15 is 0 Å². The molecule has 0 atom stereocenters. The predicted octanol–water partition coefficient (Wildman–Crippen LogP) is 5.56. The lowest BCUT2D eigenvalue weighted by molar-refractivity contribution is -0.115. The molecule has 0 fully saturated rings. The first kappa shape index (κ1) is 22.6. The van der Waals surface area contributed by atoms with Crippen LogP contribution in [-0.4, -0.2) is 21.4 Å². The Hall–Kier alpha value is -3.58. The molecule has 0 unspecified atom stereocenters. The molecule has 1 aromatic heterocycles. The maximum Gasteiger partial charge on any atom is 0.264 e. The van der Waals surface area contributed by atoms with E-state index in [0.717, 1.165) is 16.5 Å². The summed E-state index contributed by atoms with van der Waals surface area (Å²) < 4.78 is 32.6. The minimum absolute atomic E-state index is 0.147. The van der Waals surface area contributed by atoms with Gasteiger partial charge in [0, 0.05) is 23.7 Å². The van der Waals surface area contributed by atoms with E-state index in [-0.39, 0.29) is 17.2 Å². The Morgan fingerprint density at radius 3 is 2.36 bits per heavy atom. The summed E-state index contributed by atoms with van der Waals surface area (Å²) in [6.45, 7) is 4.24. The molecule has 0 bridgehead atoms. The number of anilines is 2. The second-order valence-corrected chi connectivity index (χ2v) is 10.2. The minimum Gasteiger partial charge on any atom is -0.464 e. The molecular formula is C26H26N2O4S. The molecule has 33 heavy (non-hydrogen) atoms. The van der Waals surface area contributed by atoms with Crippen molar-refractivity contribution in [1.82, 2.24) is 0 Å². The molecule has 0 saturated carbocycles. The zero-order chi connectivity index (χ0) is 23.6. The summed E-state index contributed by atoms with van der Waals surface area (Å²) >= 11 is 0. The zero-order valence-electron chi connectivity index (χ0n) is 18.8. The van der Waals surface area contributed by atoms with Crippen molar-refractivity contribution in [2.24, 2.45) is 0 Å². The average Bonchev–Trinajstić information content (AvgIpc) is 3.21. The number of hydrogen-bond donors (Lipinski definition) is 1. The van der Waals surface area contributed by atoms with E-state index in [1.165, 1.54) is 29.0 Å². The van der Waals surface area contributed by atoms with Gasteiger partial charge in [-0.15, -0.1) is 0 Å². The molecule has 7 heteroatoms. The van der Waals surface area contributed by atoms with Gasteiger partial charge in [0.25, 0.3) is 10.0 Å². The summed E-state index contributed by atoms with van der Waals surface area (Å²) in [4.78, 5) is 12.8. The van der Waals surface area contributed by atoms with E-state index in [4.69, 9.17) is 4.42 Å². The Morgan fingerprint density at radius 1 is 1.00 bits per heavy atom. The lowest BCUT2D eigenvalue weighted by atomic mass is 10.00. The fourth-order valence-electron chi connectivity index (χ4n) is 3.62. The fourth-order valence-corrected chi connectivity index (χ4v) is 4.81. The average molecular weight is 463 g/mol. The number of nitrogens with zero attached hydrogens (tertiary/aromatic N) is 1. The lowest BCUT2D eigenvalue weighted by Crippen LogP contribution is -2.26. The molecule has 6 nitrogen and oxygen atoms in total. The molecule has 4 aromatic rings. The standard InChI is InChI=1S/C26H26N2O4S/c1-18(2)19-9-14-25-24(15-19)20(17-32-25)16-26(29)27-21-10-12-23(13-11-21)33(30,31)28(3)22-7-5-4-6-8-22/h4-15,17-18H,16H2,1-3H3,(H,27,29). The van der Waals surface area contributed by atoms with Gasteiger partial charge >= 0.3 is 0 Å². The van der Waals surface area contributed by atoms with E-state index in [0.29, 0.717) is 17.3 Å². The van der Waals surface area contributed by atoms with Crippen LogP contribution in [-0.2, 0) is 21.2 Å². The Bertz CT molecular complexity index is 1380. The van der Waals surface area contributed by atoms with Gasteiger partial charge in [-0.3, -0.25) is 9.10 Å². The third-order valence-corrected chi connectivity index (χ3v) is 7.41. The van der Waals surface area contributed by atoms with E-state index in [1.54, 1.807) is 42.7 Å². The van der Waals surface area contributed by atoms with E-state index in [2.05, 4.69) is 25.2 Å². The van der Waals surface area contributed by atoms with Gasteiger partial charge in [0.05, 0.1) is 23.3 Å². The summed E-state index contributed by atoms with van der Waals surface area (Å²) in [7, 11) is -2.19. The molecule has 1 amide bonds. The van der Waals surface area contributed by atoms with Crippen molar-refractivity contribution < 1.29 is 17.6 Å². The molecule has 0 aliphatic heterocycles. The zero-order valence-corrected chi connectivity index (χ0v) is 19.6. The smallest absolute Gasteiger partial charge is 0.264 e. The molecule has 0 spiro atoms. The molecule has 170 valence electrons. The molecule has 1 heterocycles. The van der Waals surface area contributed by atoms with Crippen LogP contribution in [0.15, 0.2) is 88.4 Å². The maximum absolute atomic E-state index is 12.9. The summed E-state index contributed by atoms with van der Waals surface area (Å²) in [6.07, 6.45) is 1.77. The van der Waals surface area contributed by atoms with Gasteiger partial charge in [0.2, 0.25) is 5.91 Å². The molecule has 0 radical (unpaired) electrons. The Morgan fingerprint density at radius 2 is 1.70 bits per heavy atom. The lowest BCUT2D eigenvalue weighted by Gasteiger charge is -2.19. The predicted molar refractivity (Wildman–Crippen MR) is 131 cm³/mol. The van der Waals surface area contributed by atoms with Crippen molar-refractivity contribution in [3.63, 3.8) is 0 Å². The fraction of sp³-hybridized carbons (Fsp3) is 0.192. The number of benzene rings is 3. The van der Waals surface area contributed by atoms with Gasteiger partial charge in [0.15, 0.2) is 0 Å². The largest absolute Gasteiger partial charge is 0.464 e. The van der Waals surface area contributed by atoms with Crippen molar-refractivity contribution in [3.8, 4) is 0 Å². The molecule has 3 aromatic carbocycles. The number of sulfonamides is 1. The number of fused-ring (bicyclic) bond motifs is 1. The van der Waals surface area contributed by atoms with Crippen LogP contribution in [0, 0.1) is 0 Å². The highest BCUT2D eigenvalue weighted by molar-refractivity contribution is 7.92. The number of furan rings is 1. The molecule has 0 aliphatic rings. The molecular weight excluding hydrogens is 436 g/mol. The second-order valence-electron chi connectivity index (χ2n) is 8.23. The number of nitrogens with one attached hydrogen (secondary N) is 1. The monoisotopic (exact) mass is 462 g/mol.